The number of hydrogen-bond acceptors (Lipinski definition) is 9. The van der Waals surface area contributed by atoms with Crippen molar-refractivity contribution < 1.29 is 50.6 Å². The predicted octanol–water partition coefficient (Wildman–Crippen LogP) is 4.49. The number of fused-ring (bicyclic) bond motifs is 3. The van der Waals surface area contributed by atoms with Crippen molar-refractivity contribution in [3.8, 4) is 0 Å². The molecule has 1 saturated heterocycles. The first-order valence-corrected chi connectivity index (χ1v) is 20.2. The second-order valence-corrected chi connectivity index (χ2v) is 17.5. The number of nitrogens with one attached hydrogen (secondary N) is 3. The Morgan fingerprint density at radius 2 is 1.80 bits per heavy atom. The van der Waals surface area contributed by atoms with E-state index in [1.807, 2.05) is 6.08 Å². The van der Waals surface area contributed by atoms with Gasteiger partial charge in [-0.25, -0.2) is 31.5 Å². The first-order chi connectivity index (χ1) is 26.4. The number of carbonyl (C=O) groups excluding carboxylic acids is 5. The van der Waals surface area contributed by atoms with Crippen LogP contribution in [0.4, 0.5) is 18.4 Å². The van der Waals surface area contributed by atoms with E-state index in [1.54, 1.807) is 39.0 Å². The molecule has 14 nitrogen and oxygen atoms in total. The fourth-order valence-electron chi connectivity index (χ4n) is 7.52. The third-order valence-electron chi connectivity index (χ3n) is 10.4. The van der Waals surface area contributed by atoms with Crippen LogP contribution >= 0.6 is 0 Å². The minimum absolute atomic E-state index is 0.0328. The SMILES string of the molecule is Cc1cc(F)ccc1S(=O)(=O)NC(=O)[C@@]12C[C@@H]1/C=C\CCCCC[C@H](NC(=O)OC(C)(C)C)C(=O)N1C[C@H](OC(=O)N3Cc4cccc(F)c4C3)C[C@H]1C(=O)N2. The molecule has 2 fully saturated rings. The molecule has 3 N–H and O–H groups in total. The van der Waals surface area contributed by atoms with E-state index in [0.717, 1.165) is 18.2 Å². The van der Waals surface area contributed by atoms with Gasteiger partial charge in [0.25, 0.3) is 15.9 Å². The second kappa shape index (κ2) is 15.8. The molecule has 3 aliphatic heterocycles. The Morgan fingerprint density at radius 1 is 1.04 bits per heavy atom. The topological polar surface area (TPSA) is 181 Å². The molecule has 4 aliphatic rings. The monoisotopic (exact) mass is 799 g/mol. The van der Waals surface area contributed by atoms with Crippen molar-refractivity contribution in [2.45, 2.75) is 120 Å². The van der Waals surface area contributed by atoms with E-state index in [0.29, 0.717) is 36.8 Å². The zero-order chi connectivity index (χ0) is 40.6. The van der Waals surface area contributed by atoms with Crippen molar-refractivity contribution in [2.75, 3.05) is 6.54 Å². The average Bonchev–Trinajstić information content (AvgIpc) is 3.40. The lowest BCUT2D eigenvalue weighted by Crippen LogP contribution is -2.58. The molecule has 6 rings (SSSR count). The van der Waals surface area contributed by atoms with Crippen LogP contribution in [0.1, 0.15) is 82.4 Å². The molecular weight excluding hydrogens is 753 g/mol. The quantitative estimate of drug-likeness (QED) is 0.368. The minimum Gasteiger partial charge on any atom is -0.444 e. The summed E-state index contributed by atoms with van der Waals surface area (Å²) in [6.07, 6.45) is 3.55. The molecule has 5 amide bonds. The van der Waals surface area contributed by atoms with Crippen LogP contribution in [0.25, 0.3) is 0 Å². The van der Waals surface area contributed by atoms with E-state index in [-0.39, 0.29) is 49.4 Å². The van der Waals surface area contributed by atoms with Crippen molar-refractivity contribution in [3.63, 3.8) is 0 Å². The Morgan fingerprint density at radius 3 is 2.52 bits per heavy atom. The Hall–Kier alpha value is -5.06. The molecule has 2 aromatic carbocycles. The Kier molecular flexibility index (Phi) is 11.5. The van der Waals surface area contributed by atoms with Gasteiger partial charge in [0.15, 0.2) is 0 Å². The molecular formula is C39H47F2N5O9S. The van der Waals surface area contributed by atoms with Crippen LogP contribution in [0.3, 0.4) is 0 Å². The zero-order valence-corrected chi connectivity index (χ0v) is 32.5. The number of aryl methyl sites for hydroxylation is 1. The highest BCUT2D eigenvalue weighted by Gasteiger charge is 2.62. The van der Waals surface area contributed by atoms with Crippen LogP contribution in [-0.2, 0) is 47.0 Å². The zero-order valence-electron chi connectivity index (χ0n) is 31.7. The summed E-state index contributed by atoms with van der Waals surface area (Å²) in [6.45, 7) is 6.23. The van der Waals surface area contributed by atoms with Gasteiger partial charge < -0.3 is 25.0 Å². The van der Waals surface area contributed by atoms with Crippen LogP contribution in [0, 0.1) is 24.5 Å². The van der Waals surface area contributed by atoms with Gasteiger partial charge in [-0.05, 0) is 88.8 Å². The summed E-state index contributed by atoms with van der Waals surface area (Å²) in [4.78, 5) is 71.2. The number of allylic oxidation sites excluding steroid dienone is 1. The van der Waals surface area contributed by atoms with Gasteiger partial charge in [0.05, 0.1) is 18.0 Å². The molecule has 56 heavy (non-hydrogen) atoms. The average molecular weight is 800 g/mol. The minimum atomic E-state index is -4.51. The number of nitrogens with zero attached hydrogens (tertiary/aromatic N) is 2. The van der Waals surface area contributed by atoms with Gasteiger partial charge in [0.1, 0.15) is 41.0 Å². The largest absolute Gasteiger partial charge is 0.444 e. The van der Waals surface area contributed by atoms with Crippen molar-refractivity contribution in [1.29, 1.82) is 0 Å². The highest BCUT2D eigenvalue weighted by molar-refractivity contribution is 7.90. The number of amides is 5. The Labute approximate surface area is 324 Å². The Balaban J connectivity index is 1.27. The maximum atomic E-state index is 14.5. The number of hydrogen-bond donors (Lipinski definition) is 3. The summed E-state index contributed by atoms with van der Waals surface area (Å²) in [6, 6.07) is 5.13. The first-order valence-electron chi connectivity index (χ1n) is 18.7. The number of ether oxygens (including phenoxy) is 2. The van der Waals surface area contributed by atoms with E-state index >= 15 is 0 Å². The molecule has 0 radical (unpaired) electrons. The molecule has 17 heteroatoms. The normalized spacial score (nSPS) is 26.0. The molecule has 0 unspecified atom stereocenters. The molecule has 0 aromatic heterocycles. The predicted molar refractivity (Wildman–Crippen MR) is 197 cm³/mol. The van der Waals surface area contributed by atoms with E-state index < -0.39 is 86.8 Å². The molecule has 302 valence electrons. The third-order valence-corrected chi connectivity index (χ3v) is 11.9. The molecule has 2 aromatic rings. The van der Waals surface area contributed by atoms with Crippen molar-refractivity contribution in [1.82, 2.24) is 25.2 Å². The molecule has 1 saturated carbocycles. The van der Waals surface area contributed by atoms with Gasteiger partial charge in [0, 0.05) is 24.4 Å². The van der Waals surface area contributed by atoms with Crippen LogP contribution in [0.15, 0.2) is 53.4 Å². The first kappa shape index (κ1) is 40.6. The lowest BCUT2D eigenvalue weighted by molar-refractivity contribution is -0.141. The summed E-state index contributed by atoms with van der Waals surface area (Å²) >= 11 is 0. The highest BCUT2D eigenvalue weighted by Crippen LogP contribution is 2.46. The van der Waals surface area contributed by atoms with Gasteiger partial charge in [-0.3, -0.25) is 19.3 Å². The molecule has 0 bridgehead atoms. The van der Waals surface area contributed by atoms with Gasteiger partial charge in [-0.15, -0.1) is 0 Å². The number of alkyl carbamates (subject to hydrolysis) is 1. The Bertz CT molecular complexity index is 2060. The van der Waals surface area contributed by atoms with Gasteiger partial charge in [-0.2, -0.15) is 0 Å². The van der Waals surface area contributed by atoms with Crippen molar-refractivity contribution >= 4 is 39.9 Å². The van der Waals surface area contributed by atoms with Crippen LogP contribution < -0.4 is 15.4 Å². The van der Waals surface area contributed by atoms with E-state index in [4.69, 9.17) is 9.47 Å². The summed E-state index contributed by atoms with van der Waals surface area (Å²) < 4.78 is 68.3. The number of benzene rings is 2. The smallest absolute Gasteiger partial charge is 0.410 e. The van der Waals surface area contributed by atoms with Crippen molar-refractivity contribution in [2.24, 2.45) is 5.92 Å². The van der Waals surface area contributed by atoms with Gasteiger partial charge in [-0.1, -0.05) is 37.1 Å². The molecule has 5 atom stereocenters. The molecule has 0 spiro atoms. The van der Waals surface area contributed by atoms with E-state index in [1.165, 1.54) is 22.8 Å². The highest BCUT2D eigenvalue weighted by atomic mass is 32.2. The number of sulfonamides is 1. The summed E-state index contributed by atoms with van der Waals surface area (Å²) in [5.41, 5.74) is -1.54. The molecule has 1 aliphatic carbocycles. The summed E-state index contributed by atoms with van der Waals surface area (Å²) in [5, 5.41) is 5.38. The summed E-state index contributed by atoms with van der Waals surface area (Å²) in [7, 11) is -4.51. The van der Waals surface area contributed by atoms with Crippen LogP contribution in [0.5, 0.6) is 0 Å². The number of carbonyl (C=O) groups is 5. The van der Waals surface area contributed by atoms with Crippen LogP contribution in [0.2, 0.25) is 0 Å². The van der Waals surface area contributed by atoms with Crippen molar-refractivity contribution in [3.05, 3.63) is 76.9 Å². The molecule has 3 heterocycles. The summed E-state index contributed by atoms with van der Waals surface area (Å²) in [5.74, 6) is -4.17. The fourth-order valence-corrected chi connectivity index (χ4v) is 8.79. The van der Waals surface area contributed by atoms with E-state index in [9.17, 15) is 41.2 Å². The lowest BCUT2D eigenvalue weighted by atomic mass is 10.0. The number of halogens is 2. The second-order valence-electron chi connectivity index (χ2n) is 15.9. The number of rotatable bonds is 5. The van der Waals surface area contributed by atoms with Crippen LogP contribution in [-0.4, -0.2) is 84.0 Å². The van der Waals surface area contributed by atoms with Gasteiger partial charge in [0.2, 0.25) is 11.8 Å². The fraction of sp³-hybridized carbons (Fsp3) is 0.513. The van der Waals surface area contributed by atoms with E-state index in [2.05, 4.69) is 15.4 Å². The lowest BCUT2D eigenvalue weighted by Gasteiger charge is -2.30. The maximum absolute atomic E-state index is 14.5. The third kappa shape index (κ3) is 8.98. The maximum Gasteiger partial charge on any atom is 0.410 e. The van der Waals surface area contributed by atoms with Gasteiger partial charge >= 0.3 is 12.2 Å². The standard InChI is InChI=1S/C39H47F2N5O9S/c1-23-17-26(40)15-16-32(23)56(52,53)44-35(49)39-19-25(39)12-8-6-5-7-9-14-30(42-36(50)55-38(2,3)4)34(48)46-21-27(18-31(46)33(47)43-39)54-37(51)45-20-24-11-10-13-29(41)28(24)22-45/h8,10-13,15-17,25,27,30-31H,5-7,9,14,18-22H2,1-4H3,(H,42,50)(H,43,47)(H,44,49)/b12-8-/t25-,27+,30-,31-,39+/m0/s1.